The fourth-order valence-electron chi connectivity index (χ4n) is 2.98. The van der Waals surface area contributed by atoms with E-state index in [1.54, 1.807) is 6.92 Å². The van der Waals surface area contributed by atoms with E-state index in [1.165, 1.54) is 11.5 Å². The van der Waals surface area contributed by atoms with Gasteiger partial charge in [-0.15, -0.1) is 0 Å². The fourth-order valence-corrected chi connectivity index (χ4v) is 3.70. The van der Waals surface area contributed by atoms with Crippen molar-refractivity contribution in [3.05, 3.63) is 24.3 Å². The topological polar surface area (TPSA) is 65.5 Å². The summed E-state index contributed by atoms with van der Waals surface area (Å²) >= 11 is 1.38. The third kappa shape index (κ3) is 3.52. The van der Waals surface area contributed by atoms with Gasteiger partial charge in [-0.3, -0.25) is 9.59 Å². The van der Waals surface area contributed by atoms with E-state index >= 15 is 0 Å². The Hall–Kier alpha value is -1.95. The van der Waals surface area contributed by atoms with E-state index in [0.717, 1.165) is 10.1 Å². The predicted octanol–water partition coefficient (Wildman–Crippen LogP) is 3.22. The molecule has 0 amide bonds. The Labute approximate surface area is 138 Å². The van der Waals surface area contributed by atoms with Gasteiger partial charge in [0.05, 0.1) is 29.2 Å². The molecular formula is C17H19NO4S. The number of ketones is 1. The summed E-state index contributed by atoms with van der Waals surface area (Å²) in [6.45, 7) is 2.45. The van der Waals surface area contributed by atoms with Gasteiger partial charge in [0.25, 0.3) is 0 Å². The molecule has 23 heavy (non-hydrogen) atoms. The van der Waals surface area contributed by atoms with E-state index < -0.39 is 0 Å². The number of Topliss-reactive ketones (excluding diaryl/α,β-unsaturated/α-hetero) is 1. The normalized spacial score (nSPS) is 21.3. The standard InChI is InChI=1S/C17H19NO4S/c1-2-21-17(20)13-8-7-12(19)9-11(13)10-22-16-14-5-3-4-6-15(14)23-18-16/h3-6,11,13H,2,7-10H2,1H3. The summed E-state index contributed by atoms with van der Waals surface area (Å²) in [7, 11) is 0. The molecule has 0 saturated heterocycles. The molecule has 5 nitrogen and oxygen atoms in total. The lowest BCUT2D eigenvalue weighted by atomic mass is 9.79. The van der Waals surface area contributed by atoms with E-state index in [0.29, 0.717) is 38.4 Å². The summed E-state index contributed by atoms with van der Waals surface area (Å²) in [5, 5.41) is 0.965. The summed E-state index contributed by atoms with van der Waals surface area (Å²) in [5.74, 6) is 0.124. The van der Waals surface area contributed by atoms with Crippen LogP contribution >= 0.6 is 11.5 Å². The highest BCUT2D eigenvalue weighted by atomic mass is 32.1. The van der Waals surface area contributed by atoms with E-state index in [4.69, 9.17) is 9.47 Å². The summed E-state index contributed by atoms with van der Waals surface area (Å²) in [6.07, 6.45) is 1.36. The third-order valence-electron chi connectivity index (χ3n) is 4.16. The molecule has 1 aliphatic rings. The molecule has 1 saturated carbocycles. The fraction of sp³-hybridized carbons (Fsp3) is 0.471. The van der Waals surface area contributed by atoms with Gasteiger partial charge in [0.1, 0.15) is 5.78 Å². The first-order valence-electron chi connectivity index (χ1n) is 7.84. The molecule has 3 rings (SSSR count). The number of hydrogen-bond acceptors (Lipinski definition) is 6. The van der Waals surface area contributed by atoms with Crippen LogP contribution in [0.25, 0.3) is 10.1 Å². The number of benzene rings is 1. The summed E-state index contributed by atoms with van der Waals surface area (Å²) in [4.78, 5) is 23.8. The number of nitrogens with zero attached hydrogens (tertiary/aromatic N) is 1. The second kappa shape index (κ2) is 7.08. The molecule has 0 bridgehead atoms. The van der Waals surface area contributed by atoms with Crippen molar-refractivity contribution in [2.75, 3.05) is 13.2 Å². The summed E-state index contributed by atoms with van der Waals surface area (Å²) in [5.41, 5.74) is 0. The zero-order valence-electron chi connectivity index (χ0n) is 13.0. The van der Waals surface area contributed by atoms with E-state index in [-0.39, 0.29) is 23.6 Å². The van der Waals surface area contributed by atoms with Gasteiger partial charge < -0.3 is 9.47 Å². The van der Waals surface area contributed by atoms with Crippen LogP contribution in [0.3, 0.4) is 0 Å². The molecule has 1 aromatic heterocycles. The maximum absolute atomic E-state index is 12.1. The van der Waals surface area contributed by atoms with Gasteiger partial charge in [0.2, 0.25) is 5.88 Å². The van der Waals surface area contributed by atoms with Crippen molar-refractivity contribution in [1.82, 2.24) is 4.37 Å². The number of hydrogen-bond donors (Lipinski definition) is 0. The molecule has 1 aromatic carbocycles. The van der Waals surface area contributed by atoms with Crippen LogP contribution in [0, 0.1) is 11.8 Å². The van der Waals surface area contributed by atoms with Crippen LogP contribution in [0.15, 0.2) is 24.3 Å². The van der Waals surface area contributed by atoms with Crippen molar-refractivity contribution in [3.63, 3.8) is 0 Å². The molecule has 122 valence electrons. The number of carbonyl (C=O) groups excluding carboxylic acids is 2. The van der Waals surface area contributed by atoms with Crippen LogP contribution in [-0.2, 0) is 14.3 Å². The number of rotatable bonds is 5. The molecule has 0 N–H and O–H groups in total. The number of carbonyl (C=O) groups is 2. The Bertz CT molecular complexity index is 711. The minimum atomic E-state index is -0.266. The number of ether oxygens (including phenoxy) is 2. The van der Waals surface area contributed by atoms with Crippen LogP contribution < -0.4 is 4.74 Å². The summed E-state index contributed by atoms with van der Waals surface area (Å²) in [6, 6.07) is 7.85. The number of aromatic nitrogens is 1. The minimum Gasteiger partial charge on any atom is -0.476 e. The van der Waals surface area contributed by atoms with E-state index in [1.807, 2.05) is 24.3 Å². The van der Waals surface area contributed by atoms with Gasteiger partial charge >= 0.3 is 5.97 Å². The quantitative estimate of drug-likeness (QED) is 0.786. The molecule has 0 spiro atoms. The molecule has 2 unspecified atom stereocenters. The first-order chi connectivity index (χ1) is 11.2. The number of fused-ring (bicyclic) bond motifs is 1. The van der Waals surface area contributed by atoms with Gasteiger partial charge in [-0.2, -0.15) is 4.37 Å². The maximum Gasteiger partial charge on any atom is 0.309 e. The second-order valence-corrected chi connectivity index (χ2v) is 6.50. The minimum absolute atomic E-state index is 0.143. The van der Waals surface area contributed by atoms with Crippen molar-refractivity contribution in [3.8, 4) is 5.88 Å². The van der Waals surface area contributed by atoms with E-state index in [9.17, 15) is 9.59 Å². The Morgan fingerprint density at radius 1 is 1.39 bits per heavy atom. The van der Waals surface area contributed by atoms with Gasteiger partial charge in [0, 0.05) is 18.8 Å². The highest BCUT2D eigenvalue weighted by Crippen LogP contribution is 2.32. The van der Waals surface area contributed by atoms with Crippen LogP contribution in [0.5, 0.6) is 5.88 Å². The van der Waals surface area contributed by atoms with Crippen molar-refractivity contribution >= 4 is 33.4 Å². The van der Waals surface area contributed by atoms with Crippen molar-refractivity contribution in [2.24, 2.45) is 11.8 Å². The van der Waals surface area contributed by atoms with E-state index in [2.05, 4.69) is 4.37 Å². The molecule has 0 radical (unpaired) electrons. The Morgan fingerprint density at radius 3 is 3.04 bits per heavy atom. The van der Waals surface area contributed by atoms with Crippen LogP contribution in [0.4, 0.5) is 0 Å². The summed E-state index contributed by atoms with van der Waals surface area (Å²) < 4.78 is 16.4. The zero-order chi connectivity index (χ0) is 16.2. The van der Waals surface area contributed by atoms with Crippen molar-refractivity contribution in [2.45, 2.75) is 26.2 Å². The molecule has 2 atom stereocenters. The van der Waals surface area contributed by atoms with Crippen LogP contribution in [-0.4, -0.2) is 29.3 Å². The monoisotopic (exact) mass is 333 g/mol. The largest absolute Gasteiger partial charge is 0.476 e. The van der Waals surface area contributed by atoms with Gasteiger partial charge in [-0.25, -0.2) is 0 Å². The first-order valence-corrected chi connectivity index (χ1v) is 8.62. The van der Waals surface area contributed by atoms with Gasteiger partial charge in [0.15, 0.2) is 0 Å². The average molecular weight is 333 g/mol. The average Bonchev–Trinajstić information content (AvgIpc) is 2.96. The molecule has 2 aromatic rings. The highest BCUT2D eigenvalue weighted by molar-refractivity contribution is 7.13. The van der Waals surface area contributed by atoms with Crippen LogP contribution in [0.2, 0.25) is 0 Å². The molecular weight excluding hydrogens is 314 g/mol. The zero-order valence-corrected chi connectivity index (χ0v) is 13.8. The highest BCUT2D eigenvalue weighted by Gasteiger charge is 2.36. The molecule has 1 fully saturated rings. The van der Waals surface area contributed by atoms with Gasteiger partial charge in [-0.05, 0) is 37.0 Å². The molecule has 1 aliphatic carbocycles. The lowest BCUT2D eigenvalue weighted by Crippen LogP contribution is -2.35. The smallest absolute Gasteiger partial charge is 0.309 e. The number of esters is 1. The first kappa shape index (κ1) is 15.9. The Kier molecular flexibility index (Phi) is 4.91. The Morgan fingerprint density at radius 2 is 2.22 bits per heavy atom. The SMILES string of the molecule is CCOC(=O)C1CCC(=O)CC1COc1nsc2ccccc12. The van der Waals surface area contributed by atoms with Crippen LogP contribution in [0.1, 0.15) is 26.2 Å². The second-order valence-electron chi connectivity index (χ2n) is 5.69. The maximum atomic E-state index is 12.1. The lowest BCUT2D eigenvalue weighted by molar-refractivity contribution is -0.152. The predicted molar refractivity (Wildman–Crippen MR) is 87.6 cm³/mol. The molecule has 1 heterocycles. The van der Waals surface area contributed by atoms with Gasteiger partial charge in [-0.1, -0.05) is 12.1 Å². The van der Waals surface area contributed by atoms with Crippen molar-refractivity contribution < 1.29 is 19.1 Å². The third-order valence-corrected chi connectivity index (χ3v) is 4.97. The molecule has 6 heteroatoms. The Balaban J connectivity index is 1.71. The molecule has 0 aliphatic heterocycles. The lowest BCUT2D eigenvalue weighted by Gasteiger charge is -2.28. The van der Waals surface area contributed by atoms with Crippen molar-refractivity contribution in [1.29, 1.82) is 0 Å².